The molecule has 148 valence electrons. The minimum atomic E-state index is -0.463. The highest BCUT2D eigenvalue weighted by molar-refractivity contribution is 6.06. The van der Waals surface area contributed by atoms with E-state index in [0.29, 0.717) is 42.7 Å². The standard InChI is InChI=1S/C22H23N5O2/c28-20-10-15-13-27(12-14(15)9-19(20)26-21-11-23-7-8-25-21)22(29)17-5-6-24-18-4-2-1-3-16(17)18/h1-8,11,14-15,19-20,28H,9-10,12-13H2,(H,25,26)/t14-,15+,19-,20-/m1/s1. The Bertz CT molecular complexity index is 1020. The molecule has 2 aromatic heterocycles. The average molecular weight is 389 g/mol. The van der Waals surface area contributed by atoms with Crippen molar-refractivity contribution in [2.45, 2.75) is 25.0 Å². The number of hydrogen-bond acceptors (Lipinski definition) is 6. The van der Waals surface area contributed by atoms with Crippen molar-refractivity contribution >= 4 is 22.6 Å². The van der Waals surface area contributed by atoms with E-state index in [2.05, 4.69) is 20.3 Å². The van der Waals surface area contributed by atoms with E-state index in [9.17, 15) is 9.90 Å². The van der Waals surface area contributed by atoms with E-state index in [1.807, 2.05) is 29.2 Å². The maximum Gasteiger partial charge on any atom is 0.254 e. The molecule has 0 radical (unpaired) electrons. The van der Waals surface area contributed by atoms with Crippen LogP contribution in [0.4, 0.5) is 5.82 Å². The van der Waals surface area contributed by atoms with Crippen LogP contribution in [-0.2, 0) is 0 Å². The van der Waals surface area contributed by atoms with Crippen molar-refractivity contribution in [3.63, 3.8) is 0 Å². The third-order valence-corrected chi connectivity index (χ3v) is 6.20. The largest absolute Gasteiger partial charge is 0.391 e. The Morgan fingerprint density at radius 2 is 1.86 bits per heavy atom. The van der Waals surface area contributed by atoms with Crippen LogP contribution in [0.5, 0.6) is 0 Å². The summed E-state index contributed by atoms with van der Waals surface area (Å²) in [6, 6.07) is 9.46. The molecule has 0 bridgehead atoms. The average Bonchev–Trinajstić information content (AvgIpc) is 3.16. The number of nitrogens with one attached hydrogen (secondary N) is 1. The lowest BCUT2D eigenvalue weighted by atomic mass is 9.77. The number of carbonyl (C=O) groups is 1. The predicted octanol–water partition coefficient (Wildman–Crippen LogP) is 2.35. The highest BCUT2D eigenvalue weighted by Crippen LogP contribution is 2.38. The van der Waals surface area contributed by atoms with Gasteiger partial charge in [0.1, 0.15) is 5.82 Å². The van der Waals surface area contributed by atoms with Crippen LogP contribution in [0.3, 0.4) is 0 Å². The highest BCUT2D eigenvalue weighted by Gasteiger charge is 2.43. The fourth-order valence-corrected chi connectivity index (χ4v) is 4.77. The molecular formula is C22H23N5O2. The van der Waals surface area contributed by atoms with Crippen LogP contribution in [0.25, 0.3) is 10.9 Å². The number of carbonyl (C=O) groups excluding carboxylic acids is 1. The van der Waals surface area contributed by atoms with Gasteiger partial charge >= 0.3 is 0 Å². The maximum atomic E-state index is 13.3. The van der Waals surface area contributed by atoms with Gasteiger partial charge in [-0.15, -0.1) is 0 Å². The molecule has 29 heavy (non-hydrogen) atoms. The molecular weight excluding hydrogens is 366 g/mol. The molecule has 7 nitrogen and oxygen atoms in total. The number of aliphatic hydroxyl groups excluding tert-OH is 1. The van der Waals surface area contributed by atoms with E-state index >= 15 is 0 Å². The van der Waals surface area contributed by atoms with Gasteiger partial charge in [0.15, 0.2) is 0 Å². The predicted molar refractivity (Wildman–Crippen MR) is 109 cm³/mol. The van der Waals surface area contributed by atoms with E-state index in [0.717, 1.165) is 17.3 Å². The molecule has 1 saturated heterocycles. The van der Waals surface area contributed by atoms with Crippen LogP contribution in [0, 0.1) is 11.8 Å². The molecule has 7 heteroatoms. The number of para-hydroxylation sites is 1. The fourth-order valence-electron chi connectivity index (χ4n) is 4.77. The first-order valence-electron chi connectivity index (χ1n) is 10.0. The van der Waals surface area contributed by atoms with Gasteiger partial charge in [0, 0.05) is 37.1 Å². The molecule has 1 aromatic carbocycles. The Morgan fingerprint density at radius 1 is 1.03 bits per heavy atom. The fraction of sp³-hybridized carbons (Fsp3) is 0.364. The van der Waals surface area contributed by atoms with Crippen molar-refractivity contribution < 1.29 is 9.90 Å². The first-order chi connectivity index (χ1) is 14.2. The van der Waals surface area contributed by atoms with E-state index < -0.39 is 6.10 Å². The first-order valence-corrected chi connectivity index (χ1v) is 10.0. The Balaban J connectivity index is 1.32. The summed E-state index contributed by atoms with van der Waals surface area (Å²) in [6.45, 7) is 1.40. The molecule has 2 fully saturated rings. The lowest BCUT2D eigenvalue weighted by Crippen LogP contribution is -2.43. The van der Waals surface area contributed by atoms with Gasteiger partial charge in [-0.05, 0) is 36.8 Å². The first kappa shape index (κ1) is 18.0. The summed E-state index contributed by atoms with van der Waals surface area (Å²) >= 11 is 0. The van der Waals surface area contributed by atoms with Crippen molar-refractivity contribution in [1.82, 2.24) is 19.9 Å². The van der Waals surface area contributed by atoms with Gasteiger partial charge < -0.3 is 15.3 Å². The number of fused-ring (bicyclic) bond motifs is 2. The molecule has 1 aliphatic heterocycles. The lowest BCUT2D eigenvalue weighted by molar-refractivity contribution is 0.0727. The third kappa shape index (κ3) is 3.42. The van der Waals surface area contributed by atoms with E-state index in [4.69, 9.17) is 0 Å². The van der Waals surface area contributed by atoms with Crippen LogP contribution < -0.4 is 5.32 Å². The summed E-state index contributed by atoms with van der Waals surface area (Å²) in [5, 5.41) is 14.8. The second-order valence-electron chi connectivity index (χ2n) is 7.99. The number of pyridine rings is 1. The van der Waals surface area contributed by atoms with Crippen LogP contribution in [0.2, 0.25) is 0 Å². The monoisotopic (exact) mass is 389 g/mol. The van der Waals surface area contributed by atoms with Crippen molar-refractivity contribution in [1.29, 1.82) is 0 Å². The molecule has 0 spiro atoms. The number of nitrogens with zero attached hydrogens (tertiary/aromatic N) is 4. The summed E-state index contributed by atoms with van der Waals surface area (Å²) in [4.78, 5) is 27.9. The minimum absolute atomic E-state index is 0.0472. The molecule has 1 saturated carbocycles. The zero-order valence-electron chi connectivity index (χ0n) is 16.0. The van der Waals surface area contributed by atoms with Gasteiger partial charge in [0.25, 0.3) is 5.91 Å². The Morgan fingerprint density at radius 3 is 2.69 bits per heavy atom. The Hall–Kier alpha value is -3.06. The van der Waals surface area contributed by atoms with Gasteiger partial charge in [-0.25, -0.2) is 4.98 Å². The zero-order chi connectivity index (χ0) is 19.8. The Kier molecular flexibility index (Phi) is 4.60. The number of aromatic nitrogens is 3. The molecule has 1 amide bonds. The van der Waals surface area contributed by atoms with Crippen molar-refractivity contribution in [2.24, 2.45) is 11.8 Å². The van der Waals surface area contributed by atoms with Crippen molar-refractivity contribution in [3.05, 3.63) is 60.7 Å². The SMILES string of the molecule is O=C(c1ccnc2ccccc12)N1C[C@H]2C[C@@H](Nc3cnccn3)[C@H](O)C[C@H]2C1. The number of anilines is 1. The summed E-state index contributed by atoms with van der Waals surface area (Å²) in [5.74, 6) is 1.40. The van der Waals surface area contributed by atoms with Crippen LogP contribution in [0.15, 0.2) is 55.1 Å². The minimum Gasteiger partial charge on any atom is -0.391 e. The van der Waals surface area contributed by atoms with Crippen LogP contribution >= 0.6 is 0 Å². The molecule has 3 heterocycles. The second kappa shape index (κ2) is 7.40. The van der Waals surface area contributed by atoms with Crippen LogP contribution in [-0.4, -0.2) is 56.1 Å². The van der Waals surface area contributed by atoms with E-state index in [1.54, 1.807) is 30.9 Å². The van der Waals surface area contributed by atoms with Gasteiger partial charge in [-0.3, -0.25) is 14.8 Å². The summed E-state index contributed by atoms with van der Waals surface area (Å²) < 4.78 is 0. The van der Waals surface area contributed by atoms with Crippen molar-refractivity contribution in [3.8, 4) is 0 Å². The number of likely N-dealkylation sites (tertiary alicyclic amines) is 1. The smallest absolute Gasteiger partial charge is 0.254 e. The number of benzene rings is 1. The number of hydrogen-bond donors (Lipinski definition) is 2. The molecule has 4 atom stereocenters. The van der Waals surface area contributed by atoms with Gasteiger partial charge in [-0.2, -0.15) is 0 Å². The summed E-state index contributed by atoms with van der Waals surface area (Å²) in [7, 11) is 0. The highest BCUT2D eigenvalue weighted by atomic mass is 16.3. The topological polar surface area (TPSA) is 91.2 Å². The number of rotatable bonds is 3. The van der Waals surface area contributed by atoms with E-state index in [-0.39, 0.29) is 11.9 Å². The normalized spacial score (nSPS) is 26.3. The van der Waals surface area contributed by atoms with Crippen LogP contribution in [0.1, 0.15) is 23.2 Å². The van der Waals surface area contributed by atoms with Gasteiger partial charge in [0.2, 0.25) is 0 Å². The summed E-state index contributed by atoms with van der Waals surface area (Å²) in [5.41, 5.74) is 1.53. The summed E-state index contributed by atoms with van der Waals surface area (Å²) in [6.07, 6.45) is 7.65. The molecule has 3 aromatic rings. The molecule has 0 unspecified atom stereocenters. The Labute approximate surface area is 168 Å². The molecule has 1 aliphatic carbocycles. The third-order valence-electron chi connectivity index (χ3n) is 6.20. The maximum absolute atomic E-state index is 13.3. The lowest BCUT2D eigenvalue weighted by Gasteiger charge is -2.35. The zero-order valence-corrected chi connectivity index (χ0v) is 16.0. The number of aliphatic hydroxyl groups is 1. The quantitative estimate of drug-likeness (QED) is 0.715. The molecule has 2 N–H and O–H groups in total. The molecule has 5 rings (SSSR count). The number of amides is 1. The van der Waals surface area contributed by atoms with Gasteiger partial charge in [-0.1, -0.05) is 18.2 Å². The van der Waals surface area contributed by atoms with Gasteiger partial charge in [0.05, 0.1) is 29.4 Å². The second-order valence-corrected chi connectivity index (χ2v) is 7.99. The van der Waals surface area contributed by atoms with E-state index in [1.165, 1.54) is 0 Å². The molecule has 2 aliphatic rings. The van der Waals surface area contributed by atoms with Crippen molar-refractivity contribution in [2.75, 3.05) is 18.4 Å².